The van der Waals surface area contributed by atoms with Gasteiger partial charge in [-0.15, -0.1) is 11.8 Å². The summed E-state index contributed by atoms with van der Waals surface area (Å²) in [6.45, 7) is 10.8. The van der Waals surface area contributed by atoms with Crippen LogP contribution in [0.2, 0.25) is 0 Å². The number of nitrogens with one attached hydrogen (secondary N) is 1. The third kappa shape index (κ3) is 4.77. The van der Waals surface area contributed by atoms with Crippen LogP contribution >= 0.6 is 11.8 Å². The van der Waals surface area contributed by atoms with Gasteiger partial charge in [-0.1, -0.05) is 46.8 Å². The molecule has 5 nitrogen and oxygen atoms in total. The van der Waals surface area contributed by atoms with Crippen molar-refractivity contribution in [1.82, 2.24) is 9.62 Å². The topological polar surface area (TPSA) is 66.5 Å². The van der Waals surface area contributed by atoms with Crippen molar-refractivity contribution in [3.8, 4) is 0 Å². The molecule has 1 amide bonds. The first kappa shape index (κ1) is 20.3. The van der Waals surface area contributed by atoms with Gasteiger partial charge in [0.1, 0.15) is 6.04 Å². The van der Waals surface area contributed by atoms with Crippen LogP contribution in [0.4, 0.5) is 0 Å². The number of thioether (sulfide) groups is 1. The fourth-order valence-corrected chi connectivity index (χ4v) is 5.70. The molecule has 1 aliphatic heterocycles. The second kappa shape index (κ2) is 7.68. The molecule has 1 atom stereocenters. The Morgan fingerprint density at radius 2 is 1.88 bits per heavy atom. The van der Waals surface area contributed by atoms with Gasteiger partial charge >= 0.3 is 0 Å². The van der Waals surface area contributed by atoms with Crippen LogP contribution < -0.4 is 5.32 Å². The molecule has 1 aromatic carbocycles. The molecule has 0 bridgehead atoms. The molecule has 7 heteroatoms. The lowest BCUT2D eigenvalue weighted by atomic mass is 9.87. The minimum atomic E-state index is -3.68. The zero-order chi connectivity index (χ0) is 18.8. The molecule has 1 aromatic rings. The third-order valence-electron chi connectivity index (χ3n) is 4.16. The molecule has 1 fully saturated rings. The van der Waals surface area contributed by atoms with Crippen LogP contribution in [0.5, 0.6) is 0 Å². The predicted molar refractivity (Wildman–Crippen MR) is 103 cm³/mol. The summed E-state index contributed by atoms with van der Waals surface area (Å²) in [6, 6.07) is 6.34. The van der Waals surface area contributed by atoms with Gasteiger partial charge in [0, 0.05) is 12.3 Å². The van der Waals surface area contributed by atoms with Gasteiger partial charge in [-0.25, -0.2) is 8.42 Å². The Morgan fingerprint density at radius 1 is 1.28 bits per heavy atom. The second-order valence-corrected chi connectivity index (χ2v) is 10.7. The number of sulfonamides is 1. The molecule has 0 saturated carbocycles. The van der Waals surface area contributed by atoms with E-state index in [-0.39, 0.29) is 16.2 Å². The van der Waals surface area contributed by atoms with Crippen molar-refractivity contribution >= 4 is 27.7 Å². The van der Waals surface area contributed by atoms with E-state index in [4.69, 9.17) is 0 Å². The van der Waals surface area contributed by atoms with Crippen molar-refractivity contribution in [2.75, 3.05) is 18.2 Å². The Bertz CT molecular complexity index is 707. The summed E-state index contributed by atoms with van der Waals surface area (Å²) in [4.78, 5) is 12.6. The lowest BCUT2D eigenvalue weighted by Crippen LogP contribution is -2.47. The summed E-state index contributed by atoms with van der Waals surface area (Å²) < 4.78 is 27.3. The molecule has 0 radical (unpaired) electrons. The van der Waals surface area contributed by atoms with E-state index in [0.717, 1.165) is 5.56 Å². The van der Waals surface area contributed by atoms with Crippen LogP contribution in [0, 0.1) is 5.92 Å². The maximum absolute atomic E-state index is 13.0. The number of nitrogens with zero attached hydrogens (tertiary/aromatic N) is 1. The summed E-state index contributed by atoms with van der Waals surface area (Å²) in [5, 5.41) is 2.85. The number of carbonyl (C=O) groups is 1. The largest absolute Gasteiger partial charge is 0.354 e. The molecule has 140 valence electrons. The van der Waals surface area contributed by atoms with Crippen molar-refractivity contribution in [2.24, 2.45) is 5.92 Å². The summed E-state index contributed by atoms with van der Waals surface area (Å²) >= 11 is 1.47. The van der Waals surface area contributed by atoms with E-state index in [0.29, 0.717) is 24.1 Å². The maximum atomic E-state index is 13.0. The Balaban J connectivity index is 2.21. The van der Waals surface area contributed by atoms with E-state index in [2.05, 4.69) is 26.1 Å². The SMILES string of the molecule is CC(C)CNC(=O)C1CSCN1S(=O)(=O)c1ccc(C(C)(C)C)cc1. The Hall–Kier alpha value is -1.05. The first-order valence-electron chi connectivity index (χ1n) is 8.51. The summed E-state index contributed by atoms with van der Waals surface area (Å²) in [5.74, 6) is 0.911. The number of hydrogen-bond donors (Lipinski definition) is 1. The van der Waals surface area contributed by atoms with Gasteiger partial charge in [0.15, 0.2) is 0 Å². The zero-order valence-corrected chi connectivity index (χ0v) is 17.2. The van der Waals surface area contributed by atoms with Gasteiger partial charge in [-0.2, -0.15) is 4.31 Å². The van der Waals surface area contributed by atoms with E-state index < -0.39 is 16.1 Å². The van der Waals surface area contributed by atoms with Crippen molar-refractivity contribution in [3.63, 3.8) is 0 Å². The van der Waals surface area contributed by atoms with Gasteiger partial charge in [0.05, 0.1) is 10.8 Å². The van der Waals surface area contributed by atoms with Gasteiger partial charge < -0.3 is 5.32 Å². The van der Waals surface area contributed by atoms with Gasteiger partial charge in [-0.3, -0.25) is 4.79 Å². The molecular formula is C18H28N2O3S2. The molecule has 1 unspecified atom stereocenters. The molecule has 2 rings (SSSR count). The summed E-state index contributed by atoms with van der Waals surface area (Å²) in [7, 11) is -3.68. The molecule has 1 N–H and O–H groups in total. The quantitative estimate of drug-likeness (QED) is 0.848. The zero-order valence-electron chi connectivity index (χ0n) is 15.6. The standard InChI is InChI=1S/C18H28N2O3S2/c1-13(2)10-19-17(21)16-11-24-12-20(16)25(22,23)15-8-6-14(7-9-15)18(3,4)5/h6-9,13,16H,10-12H2,1-5H3,(H,19,21). The lowest BCUT2D eigenvalue weighted by molar-refractivity contribution is -0.123. The highest BCUT2D eigenvalue weighted by Gasteiger charge is 2.40. The number of rotatable bonds is 5. The van der Waals surface area contributed by atoms with Crippen LogP contribution in [0.3, 0.4) is 0 Å². The fourth-order valence-electron chi connectivity index (χ4n) is 2.56. The molecule has 1 heterocycles. The van der Waals surface area contributed by atoms with E-state index in [1.54, 1.807) is 12.1 Å². The Morgan fingerprint density at radius 3 is 2.40 bits per heavy atom. The maximum Gasteiger partial charge on any atom is 0.244 e. The van der Waals surface area contributed by atoms with Crippen LogP contribution in [0.1, 0.15) is 40.2 Å². The predicted octanol–water partition coefficient (Wildman–Crippen LogP) is 2.82. The van der Waals surface area contributed by atoms with Crippen LogP contribution in [0.15, 0.2) is 29.2 Å². The normalized spacial score (nSPS) is 19.4. The minimum Gasteiger partial charge on any atom is -0.354 e. The highest BCUT2D eigenvalue weighted by atomic mass is 32.2. The van der Waals surface area contributed by atoms with E-state index in [1.807, 2.05) is 26.0 Å². The molecule has 0 aliphatic carbocycles. The first-order chi connectivity index (χ1) is 11.5. The summed E-state index contributed by atoms with van der Waals surface area (Å²) in [6.07, 6.45) is 0. The van der Waals surface area contributed by atoms with Crippen molar-refractivity contribution in [3.05, 3.63) is 29.8 Å². The fraction of sp³-hybridized carbons (Fsp3) is 0.611. The van der Waals surface area contributed by atoms with Crippen LogP contribution in [0.25, 0.3) is 0 Å². The molecule has 0 spiro atoms. The smallest absolute Gasteiger partial charge is 0.244 e. The monoisotopic (exact) mass is 384 g/mol. The number of hydrogen-bond acceptors (Lipinski definition) is 4. The van der Waals surface area contributed by atoms with E-state index >= 15 is 0 Å². The molecule has 0 aromatic heterocycles. The van der Waals surface area contributed by atoms with Crippen molar-refractivity contribution in [1.29, 1.82) is 0 Å². The minimum absolute atomic E-state index is 0.0367. The number of carbonyl (C=O) groups excluding carboxylic acids is 1. The number of amides is 1. The molecular weight excluding hydrogens is 356 g/mol. The average Bonchev–Trinajstić information content (AvgIpc) is 3.02. The Labute approximate surface area is 155 Å². The van der Waals surface area contributed by atoms with Gasteiger partial charge in [0.2, 0.25) is 15.9 Å². The summed E-state index contributed by atoms with van der Waals surface area (Å²) in [5.41, 5.74) is 1.04. The lowest BCUT2D eigenvalue weighted by Gasteiger charge is -2.24. The van der Waals surface area contributed by atoms with Crippen molar-refractivity contribution < 1.29 is 13.2 Å². The van der Waals surface area contributed by atoms with Crippen LogP contribution in [-0.4, -0.2) is 42.8 Å². The van der Waals surface area contributed by atoms with Gasteiger partial charge in [0.25, 0.3) is 0 Å². The molecule has 25 heavy (non-hydrogen) atoms. The second-order valence-electron chi connectivity index (χ2n) is 7.82. The number of benzene rings is 1. The third-order valence-corrected chi connectivity index (χ3v) is 7.20. The van der Waals surface area contributed by atoms with Crippen LogP contribution in [-0.2, 0) is 20.2 Å². The van der Waals surface area contributed by atoms with Gasteiger partial charge in [-0.05, 0) is 29.0 Å². The van der Waals surface area contributed by atoms with E-state index in [1.165, 1.54) is 16.1 Å². The highest BCUT2D eigenvalue weighted by molar-refractivity contribution is 8.00. The highest BCUT2D eigenvalue weighted by Crippen LogP contribution is 2.30. The Kier molecular flexibility index (Phi) is 6.22. The molecule has 1 aliphatic rings. The first-order valence-corrected chi connectivity index (χ1v) is 11.1. The average molecular weight is 385 g/mol. The van der Waals surface area contributed by atoms with Crippen molar-refractivity contribution in [2.45, 2.75) is 51.0 Å². The molecule has 1 saturated heterocycles. The van der Waals surface area contributed by atoms with E-state index in [9.17, 15) is 13.2 Å².